The largest absolute Gasteiger partial charge is 0.495 e. The molecule has 0 amide bonds. The summed E-state index contributed by atoms with van der Waals surface area (Å²) in [7, 11) is -1.94. The van der Waals surface area contributed by atoms with Gasteiger partial charge in [-0.25, -0.2) is 8.42 Å². The van der Waals surface area contributed by atoms with E-state index in [1.807, 2.05) is 13.8 Å². The topological polar surface area (TPSA) is 46.6 Å². The molecule has 1 aliphatic rings. The lowest BCUT2D eigenvalue weighted by atomic mass is 10.1. The molecule has 1 aromatic carbocycles. The number of methoxy groups -OCH3 is 1. The van der Waals surface area contributed by atoms with Gasteiger partial charge < -0.3 is 4.74 Å². The van der Waals surface area contributed by atoms with E-state index in [1.165, 1.54) is 7.11 Å². The van der Waals surface area contributed by atoms with Crippen LogP contribution in [-0.4, -0.2) is 32.9 Å². The van der Waals surface area contributed by atoms with Crippen molar-refractivity contribution < 1.29 is 13.2 Å². The first kappa shape index (κ1) is 14.3. The molecule has 1 saturated heterocycles. The molecule has 1 aromatic rings. The Hall–Kier alpha value is -1.07. The van der Waals surface area contributed by atoms with E-state index >= 15 is 0 Å². The maximum Gasteiger partial charge on any atom is 0.246 e. The molecule has 0 saturated carbocycles. The first-order valence-electron chi connectivity index (χ1n) is 6.51. The average Bonchev–Trinajstić information content (AvgIpc) is 2.79. The summed E-state index contributed by atoms with van der Waals surface area (Å²) in [4.78, 5) is 0.284. The quantitative estimate of drug-likeness (QED) is 0.855. The molecule has 1 fully saturated rings. The van der Waals surface area contributed by atoms with Gasteiger partial charge in [0.15, 0.2) is 0 Å². The first-order valence-corrected chi connectivity index (χ1v) is 7.95. The van der Waals surface area contributed by atoms with Gasteiger partial charge in [-0.05, 0) is 49.4 Å². The second-order valence-electron chi connectivity index (χ2n) is 5.34. The van der Waals surface area contributed by atoms with Gasteiger partial charge in [0, 0.05) is 13.1 Å². The molecule has 1 heterocycles. The van der Waals surface area contributed by atoms with Gasteiger partial charge in [-0.2, -0.15) is 4.31 Å². The van der Waals surface area contributed by atoms with Crippen LogP contribution in [0.4, 0.5) is 0 Å². The molecular weight excluding hydrogens is 262 g/mol. The fourth-order valence-corrected chi connectivity index (χ4v) is 4.17. The van der Waals surface area contributed by atoms with Crippen LogP contribution in [0.15, 0.2) is 17.0 Å². The zero-order chi connectivity index (χ0) is 14.2. The fourth-order valence-electron chi connectivity index (χ4n) is 2.38. The summed E-state index contributed by atoms with van der Waals surface area (Å²) in [6.07, 6.45) is 0.923. The van der Waals surface area contributed by atoms with E-state index in [4.69, 9.17) is 4.74 Å². The van der Waals surface area contributed by atoms with E-state index in [1.54, 1.807) is 16.4 Å². The summed E-state index contributed by atoms with van der Waals surface area (Å²) < 4.78 is 32.1. The lowest BCUT2D eigenvalue weighted by molar-refractivity contribution is 0.397. The second-order valence-corrected chi connectivity index (χ2v) is 7.25. The molecule has 0 aliphatic carbocycles. The van der Waals surface area contributed by atoms with Gasteiger partial charge in [-0.1, -0.05) is 6.92 Å². The highest BCUT2D eigenvalue weighted by molar-refractivity contribution is 7.89. The van der Waals surface area contributed by atoms with Crippen molar-refractivity contribution in [3.63, 3.8) is 0 Å². The Bertz CT molecular complexity index is 581. The highest BCUT2D eigenvalue weighted by Crippen LogP contribution is 2.32. The molecule has 5 heteroatoms. The van der Waals surface area contributed by atoms with Crippen LogP contribution >= 0.6 is 0 Å². The molecule has 0 bridgehead atoms. The molecule has 0 aromatic heterocycles. The van der Waals surface area contributed by atoms with Crippen LogP contribution in [0, 0.1) is 19.8 Å². The van der Waals surface area contributed by atoms with Crippen LogP contribution in [0.5, 0.6) is 5.75 Å². The van der Waals surface area contributed by atoms with Gasteiger partial charge in [-0.15, -0.1) is 0 Å². The van der Waals surface area contributed by atoms with Crippen molar-refractivity contribution >= 4 is 10.0 Å². The van der Waals surface area contributed by atoms with Crippen LogP contribution in [0.2, 0.25) is 0 Å². The van der Waals surface area contributed by atoms with Crippen molar-refractivity contribution in [1.82, 2.24) is 4.31 Å². The molecular formula is C14H21NO3S. The van der Waals surface area contributed by atoms with Gasteiger partial charge in [0.25, 0.3) is 0 Å². The Balaban J connectivity index is 2.48. The van der Waals surface area contributed by atoms with Gasteiger partial charge >= 0.3 is 0 Å². The van der Waals surface area contributed by atoms with Gasteiger partial charge in [0.2, 0.25) is 10.0 Å². The summed E-state index contributed by atoms with van der Waals surface area (Å²) in [6.45, 7) is 7.14. The summed E-state index contributed by atoms with van der Waals surface area (Å²) in [5, 5.41) is 0. The molecule has 4 nitrogen and oxygen atoms in total. The predicted octanol–water partition coefficient (Wildman–Crippen LogP) is 2.34. The summed E-state index contributed by atoms with van der Waals surface area (Å²) in [5.74, 6) is 0.856. The third-order valence-corrected chi connectivity index (χ3v) is 5.67. The minimum atomic E-state index is -3.45. The number of sulfonamides is 1. The van der Waals surface area contributed by atoms with Gasteiger partial charge in [-0.3, -0.25) is 0 Å². The Morgan fingerprint density at radius 1 is 1.26 bits per heavy atom. The van der Waals surface area contributed by atoms with E-state index < -0.39 is 10.0 Å². The highest BCUT2D eigenvalue weighted by atomic mass is 32.2. The maximum atomic E-state index is 12.7. The van der Waals surface area contributed by atoms with Crippen molar-refractivity contribution in [3.05, 3.63) is 23.3 Å². The van der Waals surface area contributed by atoms with Crippen molar-refractivity contribution in [1.29, 1.82) is 0 Å². The number of aryl methyl sites for hydroxylation is 2. The van der Waals surface area contributed by atoms with E-state index in [2.05, 4.69) is 6.92 Å². The number of nitrogens with zero attached hydrogens (tertiary/aromatic N) is 1. The van der Waals surface area contributed by atoms with Gasteiger partial charge in [0.05, 0.1) is 7.11 Å². The second kappa shape index (κ2) is 5.13. The van der Waals surface area contributed by atoms with Crippen LogP contribution < -0.4 is 4.74 Å². The molecule has 0 radical (unpaired) electrons. The lowest BCUT2D eigenvalue weighted by Crippen LogP contribution is -2.29. The molecule has 0 N–H and O–H groups in total. The van der Waals surface area contributed by atoms with Crippen LogP contribution in [0.1, 0.15) is 24.5 Å². The lowest BCUT2D eigenvalue weighted by Gasteiger charge is -2.19. The Kier molecular flexibility index (Phi) is 3.87. The third-order valence-electron chi connectivity index (χ3n) is 3.78. The van der Waals surface area contributed by atoms with Crippen LogP contribution in [0.25, 0.3) is 0 Å². The normalized spacial score (nSPS) is 20.7. The maximum absolute atomic E-state index is 12.7. The summed E-state index contributed by atoms with van der Waals surface area (Å²) in [6, 6.07) is 3.51. The molecule has 1 unspecified atom stereocenters. The van der Waals surface area contributed by atoms with Crippen molar-refractivity contribution in [2.45, 2.75) is 32.1 Å². The standard InChI is InChI=1S/C14H21NO3S/c1-10-5-6-15(9-10)19(16,17)14-8-12(3)11(2)7-13(14)18-4/h7-8,10H,5-6,9H2,1-4H3. The van der Waals surface area contributed by atoms with Crippen molar-refractivity contribution in [3.8, 4) is 5.75 Å². The number of rotatable bonds is 3. The van der Waals surface area contributed by atoms with Crippen molar-refractivity contribution in [2.24, 2.45) is 5.92 Å². The number of ether oxygens (including phenoxy) is 1. The number of hydrogen-bond acceptors (Lipinski definition) is 3. The van der Waals surface area contributed by atoms with Gasteiger partial charge in [0.1, 0.15) is 10.6 Å². The van der Waals surface area contributed by atoms with Crippen molar-refractivity contribution in [2.75, 3.05) is 20.2 Å². The molecule has 1 atom stereocenters. The highest BCUT2D eigenvalue weighted by Gasteiger charge is 2.32. The minimum absolute atomic E-state index is 0.284. The van der Waals surface area contributed by atoms with E-state index in [-0.39, 0.29) is 4.90 Å². The van der Waals surface area contributed by atoms with E-state index in [9.17, 15) is 8.42 Å². The summed E-state index contributed by atoms with van der Waals surface area (Å²) >= 11 is 0. The van der Waals surface area contributed by atoms with E-state index in [0.29, 0.717) is 24.8 Å². The number of benzene rings is 1. The monoisotopic (exact) mass is 283 g/mol. The zero-order valence-corrected chi connectivity index (χ0v) is 12.8. The van der Waals surface area contributed by atoms with Crippen LogP contribution in [0.3, 0.4) is 0 Å². The van der Waals surface area contributed by atoms with Crippen LogP contribution in [-0.2, 0) is 10.0 Å². The molecule has 0 spiro atoms. The Morgan fingerprint density at radius 2 is 1.89 bits per heavy atom. The fraction of sp³-hybridized carbons (Fsp3) is 0.571. The number of hydrogen-bond donors (Lipinski definition) is 0. The summed E-state index contributed by atoms with van der Waals surface area (Å²) in [5.41, 5.74) is 2.00. The average molecular weight is 283 g/mol. The van der Waals surface area contributed by atoms with E-state index in [0.717, 1.165) is 17.5 Å². The zero-order valence-electron chi connectivity index (χ0n) is 11.9. The predicted molar refractivity (Wildman–Crippen MR) is 75.0 cm³/mol. The first-order chi connectivity index (χ1) is 8.86. The molecule has 1 aliphatic heterocycles. The molecule has 2 rings (SSSR count). The smallest absolute Gasteiger partial charge is 0.246 e. The molecule has 106 valence electrons. The Morgan fingerprint density at radius 3 is 2.42 bits per heavy atom. The SMILES string of the molecule is COc1cc(C)c(C)cc1S(=O)(=O)N1CCC(C)C1. The Labute approximate surface area is 115 Å². The minimum Gasteiger partial charge on any atom is -0.495 e. The third kappa shape index (κ3) is 2.62. The molecule has 19 heavy (non-hydrogen) atoms.